The van der Waals surface area contributed by atoms with E-state index in [0.717, 1.165) is 11.3 Å². The average molecular weight is 356 g/mol. The fraction of sp³-hybridized carbons (Fsp3) is 0.133. The summed E-state index contributed by atoms with van der Waals surface area (Å²) in [4.78, 5) is 3.96. The number of rotatable bonds is 3. The highest BCUT2D eigenvalue weighted by molar-refractivity contribution is 6.55. The molecule has 0 bridgehead atoms. The van der Waals surface area contributed by atoms with Crippen LogP contribution in [0.4, 0.5) is 5.69 Å². The smallest absolute Gasteiger partial charge is 0.145 e. The first-order valence-corrected chi connectivity index (χ1v) is 7.55. The number of fused-ring (bicyclic) bond motifs is 1. The van der Waals surface area contributed by atoms with E-state index in [2.05, 4.69) is 10.4 Å². The van der Waals surface area contributed by atoms with Gasteiger partial charge in [0, 0.05) is 28.5 Å². The highest BCUT2D eigenvalue weighted by Crippen LogP contribution is 2.43. The third kappa shape index (κ3) is 2.70. The van der Waals surface area contributed by atoms with E-state index in [1.165, 1.54) is 0 Å². The van der Waals surface area contributed by atoms with Crippen LogP contribution in [0, 0.1) is 0 Å². The lowest BCUT2D eigenvalue weighted by Crippen LogP contribution is -2.30. The molecule has 1 aliphatic rings. The number of pyridine rings is 1. The normalized spacial score (nSPS) is 13.9. The number of nitrogens with zero attached hydrogens (tertiary/aromatic N) is 3. The number of methoxy groups -OCH3 is 1. The Labute approximate surface area is 143 Å². The van der Waals surface area contributed by atoms with Gasteiger partial charge >= 0.3 is 0 Å². The van der Waals surface area contributed by atoms with Crippen LogP contribution in [-0.2, 0) is 6.54 Å². The standard InChI is InChI=1S/C15H11Cl3N3O/c1-22-12-3-2-11(16)10-8-21(15(18)14(17)13(10)12)20-9-4-6-19-7-5-9/h2-7H,8H2,1H3. The number of hydrogen-bond donors (Lipinski definition) is 0. The van der Waals surface area contributed by atoms with E-state index in [9.17, 15) is 0 Å². The van der Waals surface area contributed by atoms with Crippen molar-refractivity contribution in [2.24, 2.45) is 0 Å². The summed E-state index contributed by atoms with van der Waals surface area (Å²) in [6.07, 6.45) is 3.32. The van der Waals surface area contributed by atoms with Gasteiger partial charge in [-0.1, -0.05) is 34.8 Å². The van der Waals surface area contributed by atoms with E-state index in [0.29, 0.717) is 33.1 Å². The fourth-order valence-electron chi connectivity index (χ4n) is 2.23. The van der Waals surface area contributed by atoms with Gasteiger partial charge in [0.25, 0.3) is 0 Å². The largest absolute Gasteiger partial charge is 0.496 e. The summed E-state index contributed by atoms with van der Waals surface area (Å²) in [7, 11) is 1.58. The Morgan fingerprint density at radius 3 is 2.55 bits per heavy atom. The molecule has 0 unspecified atom stereocenters. The van der Waals surface area contributed by atoms with Gasteiger partial charge in [-0.2, -0.15) is 5.43 Å². The Balaban J connectivity index is 2.02. The molecule has 22 heavy (non-hydrogen) atoms. The molecule has 4 nitrogen and oxygen atoms in total. The summed E-state index contributed by atoms with van der Waals surface area (Å²) in [6, 6.07) is 7.10. The van der Waals surface area contributed by atoms with Crippen molar-refractivity contribution in [1.29, 1.82) is 0 Å². The maximum atomic E-state index is 6.41. The molecular weight excluding hydrogens is 345 g/mol. The zero-order valence-electron chi connectivity index (χ0n) is 11.6. The van der Waals surface area contributed by atoms with Gasteiger partial charge in [0.15, 0.2) is 0 Å². The Kier molecular flexibility index (Phi) is 4.34. The molecule has 2 heterocycles. The van der Waals surface area contributed by atoms with Crippen LogP contribution in [0.3, 0.4) is 0 Å². The van der Waals surface area contributed by atoms with Crippen molar-refractivity contribution in [3.63, 3.8) is 0 Å². The first-order valence-electron chi connectivity index (χ1n) is 6.42. The van der Waals surface area contributed by atoms with Crippen LogP contribution in [0.1, 0.15) is 11.1 Å². The van der Waals surface area contributed by atoms with Gasteiger partial charge in [-0.05, 0) is 24.3 Å². The molecule has 1 radical (unpaired) electrons. The van der Waals surface area contributed by atoms with Gasteiger partial charge in [-0.25, -0.2) is 5.01 Å². The zero-order valence-corrected chi connectivity index (χ0v) is 13.8. The average Bonchev–Trinajstić information content (AvgIpc) is 2.54. The molecule has 0 saturated carbocycles. The van der Waals surface area contributed by atoms with Crippen molar-refractivity contribution in [2.45, 2.75) is 6.54 Å². The summed E-state index contributed by atoms with van der Waals surface area (Å²) in [5.74, 6) is 0.631. The third-order valence-electron chi connectivity index (χ3n) is 3.27. The maximum Gasteiger partial charge on any atom is 0.145 e. The molecular formula is C15H11Cl3N3O. The molecule has 0 spiro atoms. The van der Waals surface area contributed by atoms with Crippen LogP contribution >= 0.6 is 34.8 Å². The van der Waals surface area contributed by atoms with Crippen molar-refractivity contribution >= 4 is 45.5 Å². The molecule has 113 valence electrons. The van der Waals surface area contributed by atoms with Crippen molar-refractivity contribution in [3.8, 4) is 5.75 Å². The van der Waals surface area contributed by atoms with E-state index >= 15 is 0 Å². The SMILES string of the molecule is COc1ccc(Cl)c2c1C(Cl)=C(Cl)N([N]c1ccncc1)C2. The molecule has 0 N–H and O–H groups in total. The van der Waals surface area contributed by atoms with Gasteiger partial charge < -0.3 is 4.74 Å². The highest BCUT2D eigenvalue weighted by Gasteiger charge is 2.28. The third-order valence-corrected chi connectivity index (χ3v) is 4.47. The minimum Gasteiger partial charge on any atom is -0.496 e. The molecule has 0 fully saturated rings. The number of ether oxygens (including phenoxy) is 1. The summed E-state index contributed by atoms with van der Waals surface area (Å²) < 4.78 is 5.35. The maximum absolute atomic E-state index is 6.41. The first-order chi connectivity index (χ1) is 10.6. The lowest BCUT2D eigenvalue weighted by molar-refractivity contribution is 0.290. The van der Waals surface area contributed by atoms with Crippen LogP contribution in [0.2, 0.25) is 5.02 Å². The number of halogens is 3. The van der Waals surface area contributed by atoms with Crippen molar-refractivity contribution in [2.75, 3.05) is 7.11 Å². The predicted molar refractivity (Wildman–Crippen MR) is 88.2 cm³/mol. The highest BCUT2D eigenvalue weighted by atomic mass is 35.5. The molecule has 7 heteroatoms. The van der Waals surface area contributed by atoms with Crippen LogP contribution < -0.4 is 10.2 Å². The fourth-order valence-corrected chi connectivity index (χ4v) is 2.95. The van der Waals surface area contributed by atoms with Gasteiger partial charge in [-0.3, -0.25) is 4.98 Å². The molecule has 1 aromatic carbocycles. The van der Waals surface area contributed by atoms with Gasteiger partial charge in [0.1, 0.15) is 10.9 Å². The first kappa shape index (κ1) is 15.3. The molecule has 0 saturated heterocycles. The Hall–Kier alpha value is -1.62. The van der Waals surface area contributed by atoms with Crippen LogP contribution in [0.5, 0.6) is 5.75 Å². The summed E-state index contributed by atoms with van der Waals surface area (Å²) in [6.45, 7) is 0.405. The summed E-state index contributed by atoms with van der Waals surface area (Å²) in [5, 5.41) is 2.88. The van der Waals surface area contributed by atoms with Crippen LogP contribution in [-0.4, -0.2) is 17.1 Å². The lowest BCUT2D eigenvalue weighted by atomic mass is 10.0. The van der Waals surface area contributed by atoms with Crippen molar-refractivity contribution in [1.82, 2.24) is 15.4 Å². The lowest BCUT2D eigenvalue weighted by Gasteiger charge is -2.30. The van der Waals surface area contributed by atoms with Gasteiger partial charge in [0.2, 0.25) is 0 Å². The molecule has 1 aromatic heterocycles. The molecule has 1 aliphatic heterocycles. The van der Waals surface area contributed by atoms with Crippen molar-refractivity contribution < 1.29 is 4.74 Å². The summed E-state index contributed by atoms with van der Waals surface area (Å²) >= 11 is 19.1. The van der Waals surface area contributed by atoms with Gasteiger partial charge in [0.05, 0.1) is 24.4 Å². The minimum atomic E-state index is 0.326. The monoisotopic (exact) mass is 354 g/mol. The number of benzene rings is 1. The molecule has 3 rings (SSSR count). The van der Waals surface area contributed by atoms with E-state index in [1.807, 2.05) is 0 Å². The van der Waals surface area contributed by atoms with E-state index < -0.39 is 0 Å². The van der Waals surface area contributed by atoms with Gasteiger partial charge in [-0.15, -0.1) is 0 Å². The molecule has 0 aliphatic carbocycles. The van der Waals surface area contributed by atoms with Crippen LogP contribution in [0.15, 0.2) is 41.8 Å². The second-order valence-corrected chi connectivity index (χ2v) is 5.71. The second kappa shape index (κ2) is 6.24. The van der Waals surface area contributed by atoms with E-state index in [4.69, 9.17) is 39.5 Å². The summed E-state index contributed by atoms with van der Waals surface area (Å²) in [5.41, 5.74) is 6.72. The Bertz CT molecular complexity index is 734. The van der Waals surface area contributed by atoms with E-state index in [-0.39, 0.29) is 0 Å². The predicted octanol–water partition coefficient (Wildman–Crippen LogP) is 4.51. The zero-order chi connectivity index (χ0) is 15.7. The molecule has 0 atom stereocenters. The Morgan fingerprint density at radius 1 is 1.14 bits per heavy atom. The minimum absolute atomic E-state index is 0.326. The van der Waals surface area contributed by atoms with Crippen molar-refractivity contribution in [3.05, 3.63) is 58.0 Å². The van der Waals surface area contributed by atoms with E-state index in [1.54, 1.807) is 48.8 Å². The second-order valence-electron chi connectivity index (χ2n) is 4.57. The molecule has 0 amide bonds. The number of aromatic nitrogens is 1. The topological polar surface area (TPSA) is 39.5 Å². The quantitative estimate of drug-likeness (QED) is 0.760. The Morgan fingerprint density at radius 2 is 1.86 bits per heavy atom. The van der Waals surface area contributed by atoms with Crippen LogP contribution in [0.25, 0.3) is 5.03 Å². The number of hydrogen-bond acceptors (Lipinski definition) is 3. The molecule has 2 aromatic rings.